The number of aliphatic imine (C=N–C) groups is 1. The Morgan fingerprint density at radius 1 is 0.575 bits per heavy atom. The highest BCUT2D eigenvalue weighted by molar-refractivity contribution is 6.13. The van der Waals surface area contributed by atoms with Gasteiger partial charge in [0.2, 0.25) is 35.8 Å². The summed E-state index contributed by atoms with van der Waals surface area (Å²) in [6.45, 7) is 16.6. The van der Waals surface area contributed by atoms with Crippen molar-refractivity contribution in [1.82, 2.24) is 35.2 Å². The fraction of sp³-hybridized carbons (Fsp3) is 0.586. The first kappa shape index (κ1) is 103. The number of methoxy groups -OCH3 is 2. The van der Waals surface area contributed by atoms with E-state index in [4.69, 9.17) is 61.6 Å². The molecule has 0 saturated carbocycles. The number of carboxylic acid groups (broad SMARTS) is 1. The van der Waals surface area contributed by atoms with E-state index >= 15 is 0 Å². The number of unbranched alkanes of at least 4 members (excludes halogenated alkanes) is 3. The lowest BCUT2D eigenvalue weighted by Crippen LogP contribution is -2.61. The number of aryl methyl sites for hydroxylation is 1. The van der Waals surface area contributed by atoms with Crippen molar-refractivity contribution < 1.29 is 135 Å². The summed E-state index contributed by atoms with van der Waals surface area (Å²) in [7, 11) is 4.73. The molecule has 0 aliphatic carbocycles. The Hall–Kier alpha value is -10.6. The third-order valence-electron chi connectivity index (χ3n) is 20.4. The second-order valence-corrected chi connectivity index (χ2v) is 29.7. The summed E-state index contributed by atoms with van der Waals surface area (Å²) in [4.78, 5) is 153. The number of piperidine rings is 1. The van der Waals surface area contributed by atoms with Crippen LogP contribution in [0.25, 0.3) is 0 Å². The monoisotopic (exact) mass is 1790 g/mol. The minimum Gasteiger partial charge on any atom is -0.493 e. The lowest BCUT2D eigenvalue weighted by molar-refractivity contribution is -0.271. The number of nitrogens with zero attached hydrogens (tertiary/aromatic N) is 5. The molecule has 11 N–H and O–H groups in total. The number of aliphatic hydroxyl groups excluding tert-OH is 3. The Labute approximate surface area is 738 Å². The Bertz CT molecular complexity index is 4160. The van der Waals surface area contributed by atoms with Gasteiger partial charge in [-0.1, -0.05) is 33.3 Å². The van der Waals surface area contributed by atoms with Crippen LogP contribution in [0.15, 0.2) is 84.0 Å². The molecule has 4 aliphatic rings. The number of hydrogen-bond acceptors (Lipinski definition) is 29. The number of carboxylic acids is 1. The van der Waals surface area contributed by atoms with E-state index in [1.165, 1.54) is 92.0 Å². The largest absolute Gasteiger partial charge is 0.493 e. The van der Waals surface area contributed by atoms with Gasteiger partial charge in [0.25, 0.3) is 23.6 Å². The van der Waals surface area contributed by atoms with Crippen LogP contribution in [0.5, 0.6) is 17.2 Å². The number of carbonyl (C=O) groups is 11. The molecule has 2 saturated heterocycles. The fourth-order valence-corrected chi connectivity index (χ4v) is 13.3. The molecule has 702 valence electrons. The molecule has 40 nitrogen and oxygen atoms in total. The van der Waals surface area contributed by atoms with Crippen molar-refractivity contribution in [2.75, 3.05) is 187 Å². The van der Waals surface area contributed by atoms with E-state index in [1.54, 1.807) is 38.7 Å². The summed E-state index contributed by atoms with van der Waals surface area (Å²) in [6.07, 6.45) is -0.192. The topological polar surface area (TPSA) is 500 Å². The zero-order valence-electron chi connectivity index (χ0n) is 73.3. The predicted octanol–water partition coefficient (Wildman–Crippen LogP) is 5.02. The maximum atomic E-state index is 13.8. The first-order chi connectivity index (χ1) is 61.4. The summed E-state index contributed by atoms with van der Waals surface area (Å²) >= 11 is 0. The molecular formula is C87H126N12O28. The van der Waals surface area contributed by atoms with E-state index < -0.39 is 97.3 Å². The van der Waals surface area contributed by atoms with Gasteiger partial charge >= 0.3 is 12.1 Å². The van der Waals surface area contributed by atoms with E-state index in [-0.39, 0.29) is 117 Å². The van der Waals surface area contributed by atoms with E-state index in [9.17, 15) is 73.2 Å². The molecule has 3 aromatic carbocycles. The quantitative estimate of drug-likeness (QED) is 0.0204. The maximum absolute atomic E-state index is 13.8. The summed E-state index contributed by atoms with van der Waals surface area (Å²) < 4.78 is 73.0. The van der Waals surface area contributed by atoms with Gasteiger partial charge in [-0.05, 0) is 132 Å². The molecule has 8 rings (SSSR count). The molecular weight excluding hydrogens is 1660 g/mol. The molecule has 1 aromatic heterocycles. The zero-order chi connectivity index (χ0) is 91.7. The van der Waals surface area contributed by atoms with Gasteiger partial charge in [0.05, 0.1) is 141 Å². The van der Waals surface area contributed by atoms with Crippen LogP contribution in [0.2, 0.25) is 0 Å². The molecule has 2 fully saturated rings. The number of nitrogens with one attached hydrogen (secondary N) is 7. The minimum absolute atomic E-state index is 0.00414. The molecule has 4 aromatic rings. The Kier molecular flexibility index (Phi) is 47.2. The standard InChI is InChI=1S/C81H111N11O28.C6H15N/c1-90-51-56(85-67(94)15-11-30-117-65-49-60-58(48-64(65)109-3)78(104)91-28-10-7-12-57(91)50-84-60)47-62(90)77(103)86-54-17-19-55(20-18-54)87-81(107)118-52-53-16-21-63(119-80-74(101)72(99)73(100)75(120-80)79(105)106)61(46-53)89-69(96)24-27-83-76(102)59(88-68(95)14-5-4-9-29-92-70(97)22-23-71(92)98)13-6-8-26-82-66(93)25-31-110-34-35-112-38-39-114-42-43-116-45-44-115-41-40-113-37-36-111-33-32-108-2;1-4-7(5-2)6-3/h16-23,46-51,57,59,72-75,80,99-101H,4-15,24-45,52H2,1-3H3,(H,82,93)(H,83,102)(H,85,94)(H,86,103)(H,87,107)(H,88,95)(H,89,96)(H,105,106);4-6H2,1-3H3/t57-,59-,72-,73-,74+,75-,80+;/m0./s1. The number of anilines is 4. The number of rotatable bonds is 59. The third-order valence-corrected chi connectivity index (χ3v) is 20.4. The number of aliphatic carboxylic acids is 1. The zero-order valence-corrected chi connectivity index (χ0v) is 73.3. The minimum atomic E-state index is -2.05. The van der Waals surface area contributed by atoms with Crippen LogP contribution in [-0.4, -0.2) is 320 Å². The van der Waals surface area contributed by atoms with Gasteiger partial charge in [-0.15, -0.1) is 0 Å². The van der Waals surface area contributed by atoms with E-state index in [0.29, 0.717) is 165 Å². The molecule has 0 bridgehead atoms. The second kappa shape index (κ2) is 58.0. The van der Waals surface area contributed by atoms with Crippen molar-refractivity contribution >= 4 is 99.9 Å². The normalized spacial score (nSPS) is 17.2. The Morgan fingerprint density at radius 3 is 1.80 bits per heavy atom. The first-order valence-electron chi connectivity index (χ1n) is 43.1. The van der Waals surface area contributed by atoms with Gasteiger partial charge in [0.15, 0.2) is 17.6 Å². The average Bonchev–Trinajstić information content (AvgIpc) is 1.70. The second-order valence-electron chi connectivity index (χ2n) is 29.7. The molecule has 0 radical (unpaired) electrons. The summed E-state index contributed by atoms with van der Waals surface area (Å²) in [5.41, 5.74) is 2.19. The van der Waals surface area contributed by atoms with Crippen molar-refractivity contribution in [2.45, 2.75) is 160 Å². The van der Waals surface area contributed by atoms with Crippen LogP contribution in [-0.2, 0) is 99.4 Å². The van der Waals surface area contributed by atoms with Crippen LogP contribution < -0.4 is 51.4 Å². The SMILES string of the molecule is CCN(CC)CC.COCCOCCOCCOCCOCCOCCOCCOCCC(=O)NCCCC[C@H](NC(=O)CCCCCN1C(=O)C=CC1=O)C(=O)NCCC(=O)Nc1cc(COC(=O)Nc2ccc(NC(=O)c3cc(NC(=O)CCCOc4cc5c(cc4OC)C(=O)N4CCCC[C@H]4C=N5)cn3C)cc2)ccc1O[C@@H]1O[C@H](C(=O)O)[C@@H](O)[C@H](O)[C@H]1O. The van der Waals surface area contributed by atoms with Gasteiger partial charge in [-0.25, -0.2) is 9.59 Å². The van der Waals surface area contributed by atoms with Crippen molar-refractivity contribution in [3.8, 4) is 17.2 Å². The molecule has 127 heavy (non-hydrogen) atoms. The summed E-state index contributed by atoms with van der Waals surface area (Å²) in [6, 6.07) is 13.7. The number of hydrogen-bond donors (Lipinski definition) is 11. The number of imide groups is 1. The average molecular weight is 1790 g/mol. The number of aliphatic hydroxyl groups is 3. The number of ether oxygens (including phenoxy) is 13. The molecule has 4 aliphatic heterocycles. The van der Waals surface area contributed by atoms with Gasteiger partial charge in [0.1, 0.15) is 42.4 Å². The maximum Gasteiger partial charge on any atom is 0.411 e. The van der Waals surface area contributed by atoms with Gasteiger partial charge in [-0.2, -0.15) is 0 Å². The summed E-state index contributed by atoms with van der Waals surface area (Å²) in [5.74, 6) is -5.08. The van der Waals surface area contributed by atoms with Gasteiger partial charge in [0, 0.05) is 108 Å². The fourth-order valence-electron chi connectivity index (χ4n) is 13.3. The number of fused-ring (bicyclic) bond motifs is 2. The number of benzene rings is 3. The summed E-state index contributed by atoms with van der Waals surface area (Å²) in [5, 5.41) is 60.5. The Balaban J connectivity index is 0.00000302. The smallest absolute Gasteiger partial charge is 0.411 e. The van der Waals surface area contributed by atoms with Crippen LogP contribution in [0.1, 0.15) is 137 Å². The molecule has 0 unspecified atom stereocenters. The molecule has 10 amide bonds. The van der Waals surface area contributed by atoms with Crippen molar-refractivity contribution in [3.63, 3.8) is 0 Å². The molecule has 0 spiro atoms. The highest BCUT2D eigenvalue weighted by Gasteiger charge is 2.48. The van der Waals surface area contributed by atoms with E-state index in [2.05, 4.69) is 67.9 Å². The molecule has 5 heterocycles. The number of carbonyl (C=O) groups excluding carboxylic acids is 10. The number of amides is 10. The molecule has 7 atom stereocenters. The highest BCUT2D eigenvalue weighted by Crippen LogP contribution is 2.39. The van der Waals surface area contributed by atoms with Crippen LogP contribution in [0.3, 0.4) is 0 Å². The van der Waals surface area contributed by atoms with Crippen LogP contribution >= 0.6 is 0 Å². The highest BCUT2D eigenvalue weighted by atomic mass is 16.7. The van der Waals surface area contributed by atoms with Crippen molar-refractivity contribution in [3.05, 3.63) is 95.8 Å². The van der Waals surface area contributed by atoms with Crippen LogP contribution in [0.4, 0.5) is 33.2 Å². The van der Waals surface area contributed by atoms with Crippen molar-refractivity contribution in [1.29, 1.82) is 0 Å². The number of aromatic nitrogens is 1. The predicted molar refractivity (Wildman–Crippen MR) is 463 cm³/mol. The lowest BCUT2D eigenvalue weighted by Gasteiger charge is -2.38. The van der Waals surface area contributed by atoms with Gasteiger partial charge in [-0.3, -0.25) is 58.4 Å². The van der Waals surface area contributed by atoms with E-state index in [1.807, 2.05) is 4.90 Å². The third kappa shape index (κ3) is 37.0. The first-order valence-corrected chi connectivity index (χ1v) is 43.1. The van der Waals surface area contributed by atoms with E-state index in [0.717, 1.165) is 24.2 Å². The molecule has 40 heteroatoms. The van der Waals surface area contributed by atoms with Crippen molar-refractivity contribution in [2.24, 2.45) is 12.0 Å². The Morgan fingerprint density at radius 2 is 1.19 bits per heavy atom. The van der Waals surface area contributed by atoms with Crippen LogP contribution in [0, 0.1) is 0 Å². The lowest BCUT2D eigenvalue weighted by atomic mass is 9.99. The van der Waals surface area contributed by atoms with Gasteiger partial charge < -0.3 is 128 Å².